The molecule has 1 aromatic rings. The van der Waals surface area contributed by atoms with E-state index in [9.17, 15) is 0 Å². The Labute approximate surface area is 121 Å². The van der Waals surface area contributed by atoms with E-state index in [0.717, 1.165) is 31.1 Å². The van der Waals surface area contributed by atoms with Gasteiger partial charge in [0.05, 0.1) is 0 Å². The number of hydrogen-bond donors (Lipinski definition) is 1. The fraction of sp³-hybridized carbons (Fsp3) is 0.600. The first kappa shape index (κ1) is 15.1. The molecule has 1 heterocycles. The maximum Gasteiger partial charge on any atom is 0.231 e. The molecule has 1 atom stereocenters. The number of fused-ring (bicyclic) bond motifs is 1. The molecule has 2 rings (SSSR count). The molecule has 0 saturated heterocycles. The topological polar surface area (TPSA) is 37.0 Å². The molecule has 1 unspecified atom stereocenters. The number of rotatable bonds is 7. The van der Waals surface area contributed by atoms with Gasteiger partial charge in [-0.25, -0.2) is 0 Å². The molecule has 0 amide bonds. The molecule has 112 valence electrons. The molecule has 5 nitrogen and oxygen atoms in total. The van der Waals surface area contributed by atoms with Gasteiger partial charge in [-0.1, -0.05) is 6.07 Å². The minimum absolute atomic E-state index is 0.289. The number of nitrogens with zero attached hydrogens (tertiary/aromatic N) is 2. The van der Waals surface area contributed by atoms with E-state index in [4.69, 9.17) is 9.47 Å². The van der Waals surface area contributed by atoms with Crippen molar-refractivity contribution < 1.29 is 9.47 Å². The fourth-order valence-corrected chi connectivity index (χ4v) is 2.27. The first-order valence-corrected chi connectivity index (χ1v) is 7.00. The first-order valence-electron chi connectivity index (χ1n) is 7.00. The zero-order chi connectivity index (χ0) is 14.5. The highest BCUT2D eigenvalue weighted by Crippen LogP contribution is 2.34. The standard InChI is InChI=1S/C15H25N3O2/c1-16-13(10-18(4)8-7-17(2)3)12-5-6-14-15(9-12)20-11-19-14/h5-6,9,13,16H,7-8,10-11H2,1-4H3. The lowest BCUT2D eigenvalue weighted by molar-refractivity contribution is 0.174. The minimum atomic E-state index is 0.289. The van der Waals surface area contributed by atoms with Crippen LogP contribution in [0.25, 0.3) is 0 Å². The molecule has 0 saturated carbocycles. The molecule has 1 aromatic carbocycles. The Morgan fingerprint density at radius 2 is 1.90 bits per heavy atom. The SMILES string of the molecule is CNC(CN(C)CCN(C)C)c1ccc2c(c1)OCO2. The van der Waals surface area contributed by atoms with Crippen molar-refractivity contribution in [1.82, 2.24) is 15.1 Å². The van der Waals surface area contributed by atoms with Gasteiger partial charge in [0.1, 0.15) is 0 Å². The van der Waals surface area contributed by atoms with E-state index in [0.29, 0.717) is 6.79 Å². The summed E-state index contributed by atoms with van der Waals surface area (Å²) in [4.78, 5) is 4.54. The Morgan fingerprint density at radius 1 is 1.15 bits per heavy atom. The van der Waals surface area contributed by atoms with Crippen LogP contribution >= 0.6 is 0 Å². The van der Waals surface area contributed by atoms with Crippen LogP contribution in [0.15, 0.2) is 18.2 Å². The van der Waals surface area contributed by atoms with Crippen molar-refractivity contribution in [1.29, 1.82) is 0 Å². The van der Waals surface area contributed by atoms with Crippen LogP contribution < -0.4 is 14.8 Å². The second-order valence-electron chi connectivity index (χ2n) is 5.52. The van der Waals surface area contributed by atoms with Crippen molar-refractivity contribution in [2.45, 2.75) is 6.04 Å². The molecule has 1 aliphatic heterocycles. The van der Waals surface area contributed by atoms with Crippen molar-refractivity contribution in [2.24, 2.45) is 0 Å². The van der Waals surface area contributed by atoms with E-state index in [1.54, 1.807) is 0 Å². The predicted molar refractivity (Wildman–Crippen MR) is 80.4 cm³/mol. The molecule has 5 heteroatoms. The van der Waals surface area contributed by atoms with Crippen molar-refractivity contribution in [3.8, 4) is 11.5 Å². The van der Waals surface area contributed by atoms with E-state index >= 15 is 0 Å². The molecule has 0 aromatic heterocycles. The molecule has 0 spiro atoms. The van der Waals surface area contributed by atoms with E-state index in [1.807, 2.05) is 13.1 Å². The van der Waals surface area contributed by atoms with Crippen molar-refractivity contribution >= 4 is 0 Å². The molecular formula is C15H25N3O2. The highest BCUT2D eigenvalue weighted by atomic mass is 16.7. The molecule has 1 N–H and O–H groups in total. The van der Waals surface area contributed by atoms with Crippen molar-refractivity contribution in [2.75, 3.05) is 54.6 Å². The lowest BCUT2D eigenvalue weighted by atomic mass is 10.1. The van der Waals surface area contributed by atoms with Crippen LogP contribution in [0.4, 0.5) is 0 Å². The highest BCUT2D eigenvalue weighted by Gasteiger charge is 2.18. The summed E-state index contributed by atoms with van der Waals surface area (Å²) < 4.78 is 10.8. The van der Waals surface area contributed by atoms with Gasteiger partial charge in [-0.3, -0.25) is 0 Å². The summed E-state index contributed by atoms with van der Waals surface area (Å²) in [7, 11) is 8.35. The zero-order valence-corrected chi connectivity index (χ0v) is 12.8. The zero-order valence-electron chi connectivity index (χ0n) is 12.8. The molecule has 0 bridgehead atoms. The largest absolute Gasteiger partial charge is 0.454 e. The van der Waals surface area contributed by atoms with Gasteiger partial charge in [-0.2, -0.15) is 0 Å². The van der Waals surface area contributed by atoms with Gasteiger partial charge in [-0.15, -0.1) is 0 Å². The third-order valence-electron chi connectivity index (χ3n) is 3.57. The smallest absolute Gasteiger partial charge is 0.231 e. The summed E-state index contributed by atoms with van der Waals surface area (Å²) in [5, 5.41) is 3.38. The quantitative estimate of drug-likeness (QED) is 0.811. The van der Waals surface area contributed by atoms with Gasteiger partial charge in [0.15, 0.2) is 11.5 Å². The Morgan fingerprint density at radius 3 is 2.60 bits per heavy atom. The molecule has 0 aliphatic carbocycles. The Hall–Kier alpha value is -1.30. The van der Waals surface area contributed by atoms with Crippen LogP contribution in [0.3, 0.4) is 0 Å². The second kappa shape index (κ2) is 6.92. The van der Waals surface area contributed by atoms with Crippen molar-refractivity contribution in [3.63, 3.8) is 0 Å². The second-order valence-corrected chi connectivity index (χ2v) is 5.52. The molecule has 0 radical (unpaired) electrons. The third-order valence-corrected chi connectivity index (χ3v) is 3.57. The average Bonchev–Trinajstić information content (AvgIpc) is 2.89. The first-order chi connectivity index (χ1) is 9.60. The third kappa shape index (κ3) is 3.85. The normalized spacial score (nSPS) is 15.1. The fourth-order valence-electron chi connectivity index (χ4n) is 2.27. The van der Waals surface area contributed by atoms with Crippen LogP contribution in [0.1, 0.15) is 11.6 Å². The number of benzene rings is 1. The number of ether oxygens (including phenoxy) is 2. The summed E-state index contributed by atoms with van der Waals surface area (Å²) >= 11 is 0. The van der Waals surface area contributed by atoms with Crippen molar-refractivity contribution in [3.05, 3.63) is 23.8 Å². The van der Waals surface area contributed by atoms with Gasteiger partial charge in [0, 0.05) is 25.7 Å². The number of likely N-dealkylation sites (N-methyl/N-ethyl adjacent to an activating group) is 3. The molecule has 0 fully saturated rings. The lowest BCUT2D eigenvalue weighted by Gasteiger charge is -2.25. The summed E-state index contributed by atoms with van der Waals surface area (Å²) in [6.07, 6.45) is 0. The predicted octanol–water partition coefficient (Wildman–Crippen LogP) is 1.17. The molecule has 1 aliphatic rings. The van der Waals surface area contributed by atoms with E-state index in [-0.39, 0.29) is 6.04 Å². The molecule has 20 heavy (non-hydrogen) atoms. The van der Waals surface area contributed by atoms with Crippen LogP contribution in [0, 0.1) is 0 Å². The monoisotopic (exact) mass is 279 g/mol. The van der Waals surface area contributed by atoms with Gasteiger partial charge in [-0.05, 0) is 45.9 Å². The maximum absolute atomic E-state index is 5.45. The Balaban J connectivity index is 1.97. The maximum atomic E-state index is 5.45. The average molecular weight is 279 g/mol. The van der Waals surface area contributed by atoms with Crippen LogP contribution in [0.5, 0.6) is 11.5 Å². The summed E-state index contributed by atoms with van der Waals surface area (Å²) in [6, 6.07) is 6.45. The summed E-state index contributed by atoms with van der Waals surface area (Å²) in [5.41, 5.74) is 1.23. The van der Waals surface area contributed by atoms with Crippen LogP contribution in [-0.2, 0) is 0 Å². The van der Waals surface area contributed by atoms with Crippen LogP contribution in [0.2, 0.25) is 0 Å². The summed E-state index contributed by atoms with van der Waals surface area (Å²) in [6.45, 7) is 3.40. The van der Waals surface area contributed by atoms with E-state index in [2.05, 4.69) is 48.4 Å². The van der Waals surface area contributed by atoms with E-state index < -0.39 is 0 Å². The van der Waals surface area contributed by atoms with Gasteiger partial charge < -0.3 is 24.6 Å². The number of nitrogens with one attached hydrogen (secondary N) is 1. The summed E-state index contributed by atoms with van der Waals surface area (Å²) in [5.74, 6) is 1.68. The lowest BCUT2D eigenvalue weighted by Crippen LogP contribution is -2.35. The number of hydrogen-bond acceptors (Lipinski definition) is 5. The van der Waals surface area contributed by atoms with Gasteiger partial charge >= 0.3 is 0 Å². The van der Waals surface area contributed by atoms with Gasteiger partial charge in [0.2, 0.25) is 6.79 Å². The van der Waals surface area contributed by atoms with Gasteiger partial charge in [0.25, 0.3) is 0 Å². The highest BCUT2D eigenvalue weighted by molar-refractivity contribution is 5.45. The molecular weight excluding hydrogens is 254 g/mol. The Bertz CT molecular complexity index is 437. The van der Waals surface area contributed by atoms with E-state index in [1.165, 1.54) is 5.56 Å². The van der Waals surface area contributed by atoms with Crippen LogP contribution in [-0.4, -0.2) is 64.4 Å². The Kier molecular flexibility index (Phi) is 5.23. The minimum Gasteiger partial charge on any atom is -0.454 e.